The molecule has 2 aromatic rings. The summed E-state index contributed by atoms with van der Waals surface area (Å²) < 4.78 is 5.40. The molecule has 6 heteroatoms. The van der Waals surface area contributed by atoms with Gasteiger partial charge in [-0.2, -0.15) is 0 Å². The molecule has 2 N–H and O–H groups in total. The fraction of sp³-hybridized carbons (Fsp3) is 0.211. The maximum absolute atomic E-state index is 12.7. The van der Waals surface area contributed by atoms with Crippen LogP contribution < -0.4 is 10.5 Å². The van der Waals surface area contributed by atoms with Gasteiger partial charge in [-0.05, 0) is 36.8 Å². The van der Waals surface area contributed by atoms with Crippen LogP contribution in [-0.4, -0.2) is 29.2 Å². The molecule has 128 valence electrons. The molecule has 25 heavy (non-hydrogen) atoms. The average molecular weight is 338 g/mol. The predicted octanol–water partition coefficient (Wildman–Crippen LogP) is 2.30. The molecule has 0 aromatic heterocycles. The third kappa shape index (κ3) is 3.10. The Morgan fingerprint density at radius 3 is 2.08 bits per heavy atom. The molecule has 0 radical (unpaired) electrons. The van der Waals surface area contributed by atoms with Crippen LogP contribution in [0.25, 0.3) is 0 Å². The highest BCUT2D eigenvalue weighted by atomic mass is 16.5. The number of carbonyl (C=O) groups is 3. The van der Waals surface area contributed by atoms with Gasteiger partial charge in [0.1, 0.15) is 5.75 Å². The number of hydrogen-bond donors (Lipinski definition) is 1. The lowest BCUT2D eigenvalue weighted by Gasteiger charge is -2.25. The largest absolute Gasteiger partial charge is 0.494 e. The number of nitrogens with zero attached hydrogens (tertiary/aromatic N) is 1. The van der Waals surface area contributed by atoms with Gasteiger partial charge < -0.3 is 10.5 Å². The Morgan fingerprint density at radius 1 is 1.04 bits per heavy atom. The molecule has 0 aliphatic carbocycles. The van der Waals surface area contributed by atoms with E-state index in [9.17, 15) is 14.4 Å². The first-order valence-corrected chi connectivity index (χ1v) is 8.01. The van der Waals surface area contributed by atoms with Crippen LogP contribution in [-0.2, 0) is 4.79 Å². The first-order valence-electron chi connectivity index (χ1n) is 8.01. The molecule has 1 unspecified atom stereocenters. The summed E-state index contributed by atoms with van der Waals surface area (Å²) in [5.41, 5.74) is 6.69. The van der Waals surface area contributed by atoms with Crippen LogP contribution in [0.4, 0.5) is 0 Å². The highest BCUT2D eigenvalue weighted by molar-refractivity contribution is 6.21. The molecule has 1 aliphatic heterocycles. The molecular weight excluding hydrogens is 320 g/mol. The summed E-state index contributed by atoms with van der Waals surface area (Å²) in [5.74, 6) is -0.747. The van der Waals surface area contributed by atoms with Gasteiger partial charge in [0.2, 0.25) is 5.91 Å². The second-order valence-corrected chi connectivity index (χ2v) is 5.71. The van der Waals surface area contributed by atoms with Crippen molar-refractivity contribution in [2.24, 2.45) is 5.73 Å². The first-order chi connectivity index (χ1) is 12.0. The van der Waals surface area contributed by atoms with Crippen LogP contribution in [0.2, 0.25) is 0 Å². The van der Waals surface area contributed by atoms with E-state index in [4.69, 9.17) is 10.5 Å². The Hall–Kier alpha value is -3.15. The number of amides is 3. The smallest absolute Gasteiger partial charge is 0.262 e. The Kier molecular flexibility index (Phi) is 4.52. The molecule has 3 amide bonds. The monoisotopic (exact) mass is 338 g/mol. The molecule has 0 bridgehead atoms. The van der Waals surface area contributed by atoms with E-state index < -0.39 is 23.8 Å². The summed E-state index contributed by atoms with van der Waals surface area (Å²) in [6.45, 7) is 2.41. The van der Waals surface area contributed by atoms with Crippen LogP contribution in [0.15, 0.2) is 48.5 Å². The molecule has 3 rings (SSSR count). The van der Waals surface area contributed by atoms with Crippen molar-refractivity contribution < 1.29 is 19.1 Å². The summed E-state index contributed by atoms with van der Waals surface area (Å²) in [4.78, 5) is 38.1. The Balaban J connectivity index is 1.98. The van der Waals surface area contributed by atoms with Crippen molar-refractivity contribution in [3.05, 3.63) is 65.2 Å². The van der Waals surface area contributed by atoms with Gasteiger partial charge in [-0.25, -0.2) is 0 Å². The van der Waals surface area contributed by atoms with E-state index >= 15 is 0 Å². The summed E-state index contributed by atoms with van der Waals surface area (Å²) in [6.07, 6.45) is -0.139. The number of imide groups is 1. The highest BCUT2D eigenvalue weighted by Crippen LogP contribution is 2.33. The Labute approximate surface area is 145 Å². The maximum Gasteiger partial charge on any atom is 0.262 e. The van der Waals surface area contributed by atoms with Crippen molar-refractivity contribution >= 4 is 17.7 Å². The number of carbonyl (C=O) groups excluding carboxylic acids is 3. The second kappa shape index (κ2) is 6.76. The van der Waals surface area contributed by atoms with Gasteiger partial charge in [0.25, 0.3) is 11.8 Å². The molecule has 1 heterocycles. The van der Waals surface area contributed by atoms with E-state index in [-0.39, 0.29) is 6.42 Å². The quantitative estimate of drug-likeness (QED) is 0.818. The molecule has 6 nitrogen and oxygen atoms in total. The number of primary amides is 1. The van der Waals surface area contributed by atoms with Gasteiger partial charge in [0.05, 0.1) is 30.2 Å². The van der Waals surface area contributed by atoms with Crippen molar-refractivity contribution in [2.45, 2.75) is 19.4 Å². The lowest BCUT2D eigenvalue weighted by atomic mass is 10.0. The third-order valence-corrected chi connectivity index (χ3v) is 4.11. The van der Waals surface area contributed by atoms with Gasteiger partial charge >= 0.3 is 0 Å². The third-order valence-electron chi connectivity index (χ3n) is 4.11. The van der Waals surface area contributed by atoms with Crippen molar-refractivity contribution in [2.75, 3.05) is 6.61 Å². The van der Waals surface area contributed by atoms with Gasteiger partial charge in [-0.1, -0.05) is 24.3 Å². The zero-order valence-corrected chi connectivity index (χ0v) is 13.8. The highest BCUT2D eigenvalue weighted by Gasteiger charge is 2.40. The van der Waals surface area contributed by atoms with Gasteiger partial charge in [-0.15, -0.1) is 0 Å². The molecule has 1 aliphatic rings. The van der Waals surface area contributed by atoms with Crippen molar-refractivity contribution in [1.29, 1.82) is 0 Å². The number of benzene rings is 2. The lowest BCUT2D eigenvalue weighted by Crippen LogP contribution is -2.36. The SMILES string of the molecule is CCOc1ccc(C(CC(N)=O)N2C(=O)c3ccccc3C2=O)cc1. The molecule has 1 atom stereocenters. The van der Waals surface area contributed by atoms with Crippen LogP contribution in [0.5, 0.6) is 5.75 Å². The Morgan fingerprint density at radius 2 is 1.60 bits per heavy atom. The number of ether oxygens (including phenoxy) is 1. The fourth-order valence-corrected chi connectivity index (χ4v) is 2.99. The summed E-state index contributed by atoms with van der Waals surface area (Å²) in [6, 6.07) is 12.8. The number of rotatable bonds is 6. The van der Waals surface area contributed by atoms with E-state index in [0.29, 0.717) is 29.0 Å². The fourth-order valence-electron chi connectivity index (χ4n) is 2.99. The van der Waals surface area contributed by atoms with E-state index in [1.807, 2.05) is 6.92 Å². The zero-order valence-electron chi connectivity index (χ0n) is 13.8. The maximum atomic E-state index is 12.7. The zero-order chi connectivity index (χ0) is 18.0. The molecular formula is C19H18N2O4. The van der Waals surface area contributed by atoms with Crippen LogP contribution in [0.3, 0.4) is 0 Å². The molecule has 2 aromatic carbocycles. The van der Waals surface area contributed by atoms with Crippen molar-refractivity contribution in [3.8, 4) is 5.75 Å². The average Bonchev–Trinajstić information content (AvgIpc) is 2.85. The first kappa shape index (κ1) is 16.7. The molecule has 0 saturated heterocycles. The minimum atomic E-state index is -0.749. The number of nitrogens with two attached hydrogens (primary N) is 1. The van der Waals surface area contributed by atoms with Crippen molar-refractivity contribution in [3.63, 3.8) is 0 Å². The number of fused-ring (bicyclic) bond motifs is 1. The summed E-state index contributed by atoms with van der Waals surface area (Å²) in [5, 5.41) is 0. The van der Waals surface area contributed by atoms with Crippen molar-refractivity contribution in [1.82, 2.24) is 4.90 Å². The lowest BCUT2D eigenvalue weighted by molar-refractivity contribution is -0.118. The van der Waals surface area contributed by atoms with E-state index in [1.54, 1.807) is 48.5 Å². The predicted molar refractivity (Wildman–Crippen MR) is 91.1 cm³/mol. The van der Waals surface area contributed by atoms with Gasteiger partial charge in [0, 0.05) is 0 Å². The summed E-state index contributed by atoms with van der Waals surface area (Å²) in [7, 11) is 0. The normalized spacial score (nSPS) is 14.4. The van der Waals surface area contributed by atoms with Crippen LogP contribution in [0, 0.1) is 0 Å². The summed E-state index contributed by atoms with van der Waals surface area (Å²) >= 11 is 0. The van der Waals surface area contributed by atoms with Crippen LogP contribution >= 0.6 is 0 Å². The van der Waals surface area contributed by atoms with E-state index in [1.165, 1.54) is 0 Å². The molecule has 0 fully saturated rings. The molecule has 0 saturated carbocycles. The minimum Gasteiger partial charge on any atom is -0.494 e. The Bertz CT molecular complexity index is 795. The molecule has 0 spiro atoms. The standard InChI is InChI=1S/C19H18N2O4/c1-2-25-13-9-7-12(8-10-13)16(11-17(20)22)21-18(23)14-5-3-4-6-15(14)19(21)24/h3-10,16H,2,11H2,1H3,(H2,20,22). The van der Waals surface area contributed by atoms with Gasteiger partial charge in [0.15, 0.2) is 0 Å². The van der Waals surface area contributed by atoms with E-state index in [2.05, 4.69) is 0 Å². The van der Waals surface area contributed by atoms with Crippen LogP contribution in [0.1, 0.15) is 45.7 Å². The second-order valence-electron chi connectivity index (χ2n) is 5.71. The topological polar surface area (TPSA) is 89.7 Å². The van der Waals surface area contributed by atoms with Gasteiger partial charge in [-0.3, -0.25) is 19.3 Å². The minimum absolute atomic E-state index is 0.139. The van der Waals surface area contributed by atoms with E-state index in [0.717, 1.165) is 4.90 Å². The number of hydrogen-bond acceptors (Lipinski definition) is 4.